The molecule has 0 radical (unpaired) electrons. The summed E-state index contributed by atoms with van der Waals surface area (Å²) >= 11 is 0. The molecule has 0 heterocycles. The second-order valence-corrected chi connectivity index (χ2v) is 5.54. The van der Waals surface area contributed by atoms with Gasteiger partial charge in [-0.1, -0.05) is 13.3 Å². The number of ether oxygens (including phenoxy) is 1. The van der Waals surface area contributed by atoms with Gasteiger partial charge < -0.3 is 15.8 Å². The molecule has 3 N–H and O–H groups in total. The SMILES string of the molecule is CCOC(=O)c1ccc(N)c(NCC2(C)CCC2)c1. The fraction of sp³-hybridized carbons (Fsp3) is 0.533. The van der Waals surface area contributed by atoms with Crippen LogP contribution in [0.1, 0.15) is 43.5 Å². The maximum absolute atomic E-state index is 11.7. The van der Waals surface area contributed by atoms with Crippen LogP contribution >= 0.6 is 0 Å². The van der Waals surface area contributed by atoms with Gasteiger partial charge >= 0.3 is 5.97 Å². The van der Waals surface area contributed by atoms with Crippen molar-refractivity contribution in [3.63, 3.8) is 0 Å². The van der Waals surface area contributed by atoms with Crippen molar-refractivity contribution in [1.29, 1.82) is 0 Å². The van der Waals surface area contributed by atoms with Gasteiger partial charge in [0.1, 0.15) is 0 Å². The Balaban J connectivity index is 2.06. The Labute approximate surface area is 114 Å². The molecular formula is C15H22N2O2. The molecule has 1 aromatic carbocycles. The molecule has 0 unspecified atom stereocenters. The highest BCUT2D eigenvalue weighted by Gasteiger charge is 2.31. The minimum Gasteiger partial charge on any atom is -0.462 e. The molecule has 104 valence electrons. The summed E-state index contributed by atoms with van der Waals surface area (Å²) < 4.78 is 4.99. The maximum Gasteiger partial charge on any atom is 0.338 e. The van der Waals surface area contributed by atoms with E-state index in [1.165, 1.54) is 19.3 Å². The summed E-state index contributed by atoms with van der Waals surface area (Å²) in [6.07, 6.45) is 3.80. The van der Waals surface area contributed by atoms with Gasteiger partial charge in [-0.05, 0) is 43.4 Å². The number of rotatable bonds is 5. The minimum atomic E-state index is -0.305. The average Bonchev–Trinajstić information content (AvgIpc) is 2.36. The van der Waals surface area contributed by atoms with E-state index in [-0.39, 0.29) is 5.97 Å². The first-order valence-corrected chi connectivity index (χ1v) is 6.84. The van der Waals surface area contributed by atoms with E-state index in [0.717, 1.165) is 12.2 Å². The molecule has 19 heavy (non-hydrogen) atoms. The number of carbonyl (C=O) groups is 1. The molecular weight excluding hydrogens is 240 g/mol. The van der Waals surface area contributed by atoms with Crippen LogP contribution < -0.4 is 11.1 Å². The van der Waals surface area contributed by atoms with Crippen LogP contribution in [0.2, 0.25) is 0 Å². The Bertz CT molecular complexity index is 467. The zero-order valence-corrected chi connectivity index (χ0v) is 11.7. The molecule has 0 saturated heterocycles. The zero-order chi connectivity index (χ0) is 13.9. The van der Waals surface area contributed by atoms with Crippen LogP contribution in [0.4, 0.5) is 11.4 Å². The van der Waals surface area contributed by atoms with E-state index in [4.69, 9.17) is 10.5 Å². The molecule has 0 spiro atoms. The van der Waals surface area contributed by atoms with Gasteiger partial charge in [0.2, 0.25) is 0 Å². The van der Waals surface area contributed by atoms with Gasteiger partial charge in [0.15, 0.2) is 0 Å². The number of hydrogen-bond acceptors (Lipinski definition) is 4. The molecule has 0 amide bonds. The smallest absolute Gasteiger partial charge is 0.338 e. The molecule has 0 aliphatic heterocycles. The molecule has 0 aromatic heterocycles. The molecule has 1 aliphatic rings. The van der Waals surface area contributed by atoms with Crippen LogP contribution in [-0.2, 0) is 4.74 Å². The van der Waals surface area contributed by atoms with Crippen LogP contribution in [0, 0.1) is 5.41 Å². The van der Waals surface area contributed by atoms with Gasteiger partial charge in [-0.3, -0.25) is 0 Å². The second-order valence-electron chi connectivity index (χ2n) is 5.54. The fourth-order valence-electron chi connectivity index (χ4n) is 2.32. The van der Waals surface area contributed by atoms with E-state index in [1.54, 1.807) is 25.1 Å². The highest BCUT2D eigenvalue weighted by molar-refractivity contribution is 5.92. The highest BCUT2D eigenvalue weighted by Crippen LogP contribution is 2.40. The Kier molecular flexibility index (Phi) is 3.98. The van der Waals surface area contributed by atoms with Gasteiger partial charge in [-0.15, -0.1) is 0 Å². The molecule has 4 nitrogen and oxygen atoms in total. The van der Waals surface area contributed by atoms with Crippen LogP contribution in [0.5, 0.6) is 0 Å². The summed E-state index contributed by atoms with van der Waals surface area (Å²) in [5.41, 5.74) is 8.33. The lowest BCUT2D eigenvalue weighted by molar-refractivity contribution is 0.0526. The summed E-state index contributed by atoms with van der Waals surface area (Å²) in [6.45, 7) is 5.34. The largest absolute Gasteiger partial charge is 0.462 e. The summed E-state index contributed by atoms with van der Waals surface area (Å²) in [5, 5.41) is 3.36. The first-order chi connectivity index (χ1) is 9.04. The average molecular weight is 262 g/mol. The standard InChI is InChI=1S/C15H22N2O2/c1-3-19-14(18)11-5-6-12(16)13(9-11)17-10-15(2)7-4-8-15/h5-6,9,17H,3-4,7-8,10,16H2,1-2H3. The predicted octanol–water partition coefficient (Wildman–Crippen LogP) is 3.05. The number of hydrogen-bond donors (Lipinski definition) is 2. The third kappa shape index (κ3) is 3.19. The number of benzene rings is 1. The first kappa shape index (κ1) is 13.7. The van der Waals surface area contributed by atoms with Gasteiger partial charge in [-0.25, -0.2) is 4.79 Å². The summed E-state index contributed by atoms with van der Waals surface area (Å²) in [4.78, 5) is 11.7. The van der Waals surface area contributed by atoms with Crippen LogP contribution in [-0.4, -0.2) is 19.1 Å². The normalized spacial score (nSPS) is 16.5. The lowest BCUT2D eigenvalue weighted by Gasteiger charge is -2.38. The van der Waals surface area contributed by atoms with Gasteiger partial charge in [-0.2, -0.15) is 0 Å². The third-order valence-corrected chi connectivity index (χ3v) is 3.83. The number of carbonyl (C=O) groups excluding carboxylic acids is 1. The van der Waals surface area contributed by atoms with Crippen molar-refractivity contribution in [2.45, 2.75) is 33.1 Å². The second kappa shape index (κ2) is 5.51. The summed E-state index contributed by atoms with van der Waals surface area (Å²) in [6, 6.07) is 5.22. The van der Waals surface area contributed by atoms with Crippen molar-refractivity contribution in [2.75, 3.05) is 24.2 Å². The predicted molar refractivity (Wildman–Crippen MR) is 77.3 cm³/mol. The van der Waals surface area contributed by atoms with Crippen LogP contribution in [0.3, 0.4) is 0 Å². The molecule has 2 rings (SSSR count). The van der Waals surface area contributed by atoms with Crippen molar-refractivity contribution >= 4 is 17.3 Å². The van der Waals surface area contributed by atoms with Crippen LogP contribution in [0.15, 0.2) is 18.2 Å². The van der Waals surface area contributed by atoms with E-state index < -0.39 is 0 Å². The van der Waals surface area contributed by atoms with Crippen molar-refractivity contribution in [3.8, 4) is 0 Å². The fourth-order valence-corrected chi connectivity index (χ4v) is 2.32. The lowest BCUT2D eigenvalue weighted by atomic mass is 9.70. The number of anilines is 2. The Morgan fingerprint density at radius 2 is 2.21 bits per heavy atom. The van der Waals surface area contributed by atoms with Crippen LogP contribution in [0.25, 0.3) is 0 Å². The van der Waals surface area contributed by atoms with E-state index >= 15 is 0 Å². The zero-order valence-electron chi connectivity index (χ0n) is 11.7. The highest BCUT2D eigenvalue weighted by atomic mass is 16.5. The number of nitrogens with one attached hydrogen (secondary N) is 1. The Hall–Kier alpha value is -1.71. The Morgan fingerprint density at radius 3 is 2.79 bits per heavy atom. The van der Waals surface area contributed by atoms with Crippen molar-refractivity contribution in [3.05, 3.63) is 23.8 Å². The molecule has 4 heteroatoms. The number of nitrogen functional groups attached to an aromatic ring is 1. The van der Waals surface area contributed by atoms with Gasteiger partial charge in [0, 0.05) is 6.54 Å². The molecule has 1 saturated carbocycles. The van der Waals surface area contributed by atoms with E-state index in [2.05, 4.69) is 12.2 Å². The molecule has 0 bridgehead atoms. The van der Waals surface area contributed by atoms with E-state index in [1.807, 2.05) is 0 Å². The third-order valence-electron chi connectivity index (χ3n) is 3.83. The van der Waals surface area contributed by atoms with Gasteiger partial charge in [0.05, 0.1) is 23.5 Å². The molecule has 1 aliphatic carbocycles. The molecule has 0 atom stereocenters. The minimum absolute atomic E-state index is 0.305. The lowest BCUT2D eigenvalue weighted by Crippen LogP contribution is -2.33. The molecule has 1 aromatic rings. The first-order valence-electron chi connectivity index (χ1n) is 6.84. The summed E-state index contributed by atoms with van der Waals surface area (Å²) in [5.74, 6) is -0.305. The van der Waals surface area contributed by atoms with Crippen molar-refractivity contribution < 1.29 is 9.53 Å². The van der Waals surface area contributed by atoms with E-state index in [9.17, 15) is 4.79 Å². The van der Waals surface area contributed by atoms with Crippen molar-refractivity contribution in [1.82, 2.24) is 0 Å². The maximum atomic E-state index is 11.7. The molecule has 1 fully saturated rings. The topological polar surface area (TPSA) is 64.3 Å². The van der Waals surface area contributed by atoms with E-state index in [0.29, 0.717) is 23.3 Å². The quantitative estimate of drug-likeness (QED) is 0.632. The number of nitrogens with two attached hydrogens (primary N) is 1. The number of esters is 1. The van der Waals surface area contributed by atoms with Gasteiger partial charge in [0.25, 0.3) is 0 Å². The summed E-state index contributed by atoms with van der Waals surface area (Å²) in [7, 11) is 0. The monoisotopic (exact) mass is 262 g/mol. The Morgan fingerprint density at radius 1 is 1.47 bits per heavy atom. The van der Waals surface area contributed by atoms with Crippen molar-refractivity contribution in [2.24, 2.45) is 5.41 Å².